The van der Waals surface area contributed by atoms with Crippen molar-refractivity contribution in [2.45, 2.75) is 78.2 Å². The fraction of sp³-hybridized carbons (Fsp3) is 0.583. The predicted octanol–water partition coefficient (Wildman–Crippen LogP) is 6.14. The summed E-state index contributed by atoms with van der Waals surface area (Å²) < 4.78 is 7.79. The molecule has 1 aromatic carbocycles. The summed E-state index contributed by atoms with van der Waals surface area (Å²) in [5.74, 6) is 1.67. The molecule has 0 aliphatic heterocycles. The van der Waals surface area contributed by atoms with E-state index in [1.165, 1.54) is 56.7 Å². The minimum atomic E-state index is 0.00496. The Morgan fingerprint density at radius 2 is 1.62 bits per heavy atom. The summed E-state index contributed by atoms with van der Waals surface area (Å²) in [6, 6.07) is 7.83. The number of hydrogen-bond donors (Lipinski definition) is 0. The smallest absolute Gasteiger partial charge is 0.254 e. The molecule has 1 heterocycles. The molecule has 0 unspecified atom stereocenters. The summed E-state index contributed by atoms with van der Waals surface area (Å²) in [5.41, 5.74) is 3.05. The minimum absolute atomic E-state index is 0.00496. The number of fused-ring (bicyclic) bond motifs is 1. The maximum absolute atomic E-state index is 12.4. The first-order chi connectivity index (χ1) is 14.2. The van der Waals surface area contributed by atoms with Crippen molar-refractivity contribution in [2.75, 3.05) is 12.4 Å². The zero-order valence-electron chi connectivity index (χ0n) is 18.0. The van der Waals surface area contributed by atoms with E-state index in [-0.39, 0.29) is 5.56 Å². The van der Waals surface area contributed by atoms with Crippen LogP contribution in [-0.2, 0) is 11.3 Å². The van der Waals surface area contributed by atoms with E-state index < -0.39 is 0 Å². The Labute approximate surface area is 179 Å². The zero-order chi connectivity index (χ0) is 20.9. The SMILES string of the molecule is CCn1c(=O)cc(OCCCCCCCCCCCSC=O)c2ccc(C)cc21. The number of thioether (sulfide) groups is 1. The van der Waals surface area contributed by atoms with Crippen LogP contribution < -0.4 is 10.3 Å². The predicted molar refractivity (Wildman–Crippen MR) is 125 cm³/mol. The summed E-state index contributed by atoms with van der Waals surface area (Å²) in [4.78, 5) is 22.6. The molecule has 0 amide bonds. The molecular formula is C24H35NO3S. The van der Waals surface area contributed by atoms with Crippen LogP contribution in [0.25, 0.3) is 10.9 Å². The van der Waals surface area contributed by atoms with E-state index in [1.807, 2.05) is 13.8 Å². The summed E-state index contributed by atoms with van der Waals surface area (Å²) >= 11 is 1.38. The summed E-state index contributed by atoms with van der Waals surface area (Å²) in [7, 11) is 0. The molecule has 1 aromatic heterocycles. The van der Waals surface area contributed by atoms with Crippen LogP contribution in [0.3, 0.4) is 0 Å². The number of rotatable bonds is 15. The number of pyridine rings is 1. The fourth-order valence-electron chi connectivity index (χ4n) is 3.66. The van der Waals surface area contributed by atoms with Crippen molar-refractivity contribution in [2.24, 2.45) is 0 Å². The lowest BCUT2D eigenvalue weighted by Crippen LogP contribution is -2.19. The van der Waals surface area contributed by atoms with Crippen LogP contribution in [-0.4, -0.2) is 22.5 Å². The average molecular weight is 418 g/mol. The zero-order valence-corrected chi connectivity index (χ0v) is 18.8. The van der Waals surface area contributed by atoms with Crippen molar-refractivity contribution in [3.05, 3.63) is 40.2 Å². The Morgan fingerprint density at radius 3 is 2.28 bits per heavy atom. The monoisotopic (exact) mass is 417 g/mol. The van der Waals surface area contributed by atoms with Crippen molar-refractivity contribution < 1.29 is 9.53 Å². The molecule has 0 radical (unpaired) electrons. The summed E-state index contributed by atoms with van der Waals surface area (Å²) in [5, 5.41) is 1.02. The van der Waals surface area contributed by atoms with Crippen molar-refractivity contribution in [3.8, 4) is 5.75 Å². The van der Waals surface area contributed by atoms with Gasteiger partial charge in [-0.1, -0.05) is 62.8 Å². The number of aryl methyl sites for hydroxylation is 2. The molecule has 0 spiro atoms. The third-order valence-corrected chi connectivity index (χ3v) is 5.94. The Balaban J connectivity index is 1.67. The second kappa shape index (κ2) is 13.5. The summed E-state index contributed by atoms with van der Waals surface area (Å²) in [6.07, 6.45) is 10.9. The molecule has 0 bridgehead atoms. The first kappa shape index (κ1) is 23.5. The van der Waals surface area contributed by atoms with E-state index in [4.69, 9.17) is 4.74 Å². The molecule has 0 aliphatic carbocycles. The highest BCUT2D eigenvalue weighted by Gasteiger charge is 2.09. The molecule has 4 nitrogen and oxygen atoms in total. The number of aromatic nitrogens is 1. The van der Waals surface area contributed by atoms with Crippen molar-refractivity contribution in [3.63, 3.8) is 0 Å². The number of benzene rings is 1. The Hall–Kier alpha value is -1.75. The fourth-order valence-corrected chi connectivity index (χ4v) is 4.13. The number of carbonyl (C=O) groups excluding carboxylic acids is 1. The molecule has 5 heteroatoms. The van der Waals surface area contributed by atoms with Gasteiger partial charge in [-0.25, -0.2) is 0 Å². The van der Waals surface area contributed by atoms with Crippen LogP contribution in [0.2, 0.25) is 0 Å². The lowest BCUT2D eigenvalue weighted by Gasteiger charge is -2.13. The molecule has 29 heavy (non-hydrogen) atoms. The first-order valence-corrected chi connectivity index (χ1v) is 12.0. The number of unbranched alkanes of at least 4 members (excludes halogenated alkanes) is 8. The van der Waals surface area contributed by atoms with Crippen molar-refractivity contribution in [1.29, 1.82) is 0 Å². The Kier molecular flexibility index (Phi) is 10.9. The number of hydrogen-bond acceptors (Lipinski definition) is 4. The van der Waals surface area contributed by atoms with Gasteiger partial charge in [0.05, 0.1) is 12.1 Å². The quantitative estimate of drug-likeness (QED) is 0.258. The molecule has 2 rings (SSSR count). The molecule has 0 saturated heterocycles. The van der Waals surface area contributed by atoms with E-state index in [0.717, 1.165) is 40.7 Å². The van der Waals surface area contributed by atoms with Gasteiger partial charge in [-0.15, -0.1) is 0 Å². The van der Waals surface area contributed by atoms with Gasteiger partial charge >= 0.3 is 0 Å². The minimum Gasteiger partial charge on any atom is -0.493 e. The normalized spacial score (nSPS) is 11.1. The van der Waals surface area contributed by atoms with Gasteiger partial charge in [-0.3, -0.25) is 9.59 Å². The van der Waals surface area contributed by atoms with E-state index in [0.29, 0.717) is 18.9 Å². The van der Waals surface area contributed by atoms with Crippen molar-refractivity contribution in [1.82, 2.24) is 4.57 Å². The van der Waals surface area contributed by atoms with Crippen LogP contribution in [0.1, 0.15) is 70.3 Å². The Bertz CT molecular complexity index is 816. The topological polar surface area (TPSA) is 48.3 Å². The van der Waals surface area contributed by atoms with Gasteiger partial charge in [0.1, 0.15) is 5.75 Å². The molecule has 0 atom stereocenters. The molecule has 0 saturated carbocycles. The molecule has 0 N–H and O–H groups in total. The number of carbonyl (C=O) groups is 1. The maximum atomic E-state index is 12.4. The highest BCUT2D eigenvalue weighted by molar-refractivity contribution is 8.11. The second-order valence-electron chi connectivity index (χ2n) is 7.61. The van der Waals surface area contributed by atoms with Gasteiger partial charge in [0.2, 0.25) is 0 Å². The third-order valence-electron chi connectivity index (χ3n) is 5.28. The van der Waals surface area contributed by atoms with Crippen LogP contribution in [0.4, 0.5) is 0 Å². The van der Waals surface area contributed by atoms with E-state index in [2.05, 4.69) is 18.2 Å². The molecule has 0 fully saturated rings. The summed E-state index contributed by atoms with van der Waals surface area (Å²) in [6.45, 7) is 5.37. The van der Waals surface area contributed by atoms with Crippen LogP contribution in [0.15, 0.2) is 29.1 Å². The molecule has 0 aliphatic rings. The Morgan fingerprint density at radius 1 is 0.966 bits per heavy atom. The molecule has 2 aromatic rings. The van der Waals surface area contributed by atoms with Gasteiger partial charge < -0.3 is 9.30 Å². The molecular weight excluding hydrogens is 382 g/mol. The second-order valence-corrected chi connectivity index (χ2v) is 8.54. The highest BCUT2D eigenvalue weighted by Crippen LogP contribution is 2.25. The lowest BCUT2D eigenvalue weighted by atomic mass is 10.1. The van der Waals surface area contributed by atoms with Gasteiger partial charge in [-0.05, 0) is 44.4 Å². The van der Waals surface area contributed by atoms with E-state index in [1.54, 1.807) is 10.6 Å². The third kappa shape index (κ3) is 7.88. The highest BCUT2D eigenvalue weighted by atomic mass is 32.2. The van der Waals surface area contributed by atoms with Crippen molar-refractivity contribution >= 4 is 28.3 Å². The van der Waals surface area contributed by atoms with Gasteiger partial charge in [0.25, 0.3) is 5.56 Å². The van der Waals surface area contributed by atoms with Gasteiger partial charge in [0, 0.05) is 23.8 Å². The average Bonchev–Trinajstić information content (AvgIpc) is 2.71. The standard InChI is InChI=1S/C24H35NO3S/c1-3-25-22-17-20(2)13-14-21(22)23(18-24(25)27)28-15-11-9-7-5-4-6-8-10-12-16-29-19-26/h13-14,17-19H,3-12,15-16H2,1-2H3. The van der Waals surface area contributed by atoms with E-state index in [9.17, 15) is 9.59 Å². The molecule has 160 valence electrons. The van der Waals surface area contributed by atoms with Gasteiger partial charge in [-0.2, -0.15) is 0 Å². The van der Waals surface area contributed by atoms with Crippen LogP contribution in [0, 0.1) is 6.92 Å². The van der Waals surface area contributed by atoms with Crippen LogP contribution in [0.5, 0.6) is 5.75 Å². The lowest BCUT2D eigenvalue weighted by molar-refractivity contribution is 0.307. The first-order valence-electron chi connectivity index (χ1n) is 11.0. The number of ether oxygens (including phenoxy) is 1. The maximum Gasteiger partial charge on any atom is 0.254 e. The van der Waals surface area contributed by atoms with Gasteiger partial charge in [0.15, 0.2) is 5.62 Å². The van der Waals surface area contributed by atoms with E-state index >= 15 is 0 Å². The van der Waals surface area contributed by atoms with Crippen LogP contribution >= 0.6 is 11.8 Å². The number of nitrogens with zero attached hydrogens (tertiary/aromatic N) is 1. The largest absolute Gasteiger partial charge is 0.493 e.